The largest absolute Gasteiger partial charge is 0.471 e. The molecule has 4 aromatic rings. The van der Waals surface area contributed by atoms with Gasteiger partial charge in [-0.1, -0.05) is 5.16 Å². The minimum absolute atomic E-state index is 0.104. The van der Waals surface area contributed by atoms with Crippen LogP contribution in [0, 0.1) is 11.6 Å². The molecule has 12 heteroatoms. The van der Waals surface area contributed by atoms with Crippen molar-refractivity contribution in [1.82, 2.24) is 25.0 Å². The molecule has 31 heavy (non-hydrogen) atoms. The summed E-state index contributed by atoms with van der Waals surface area (Å²) in [6.07, 6.45) is -3.26. The molecule has 0 fully saturated rings. The number of fused-ring (bicyclic) bond motifs is 1. The van der Waals surface area contributed by atoms with Crippen molar-refractivity contribution in [1.29, 1.82) is 0 Å². The number of rotatable bonds is 5. The first-order valence-corrected chi connectivity index (χ1v) is 8.81. The van der Waals surface area contributed by atoms with Crippen molar-refractivity contribution in [2.24, 2.45) is 0 Å². The normalized spacial score (nSPS) is 11.8. The van der Waals surface area contributed by atoms with Crippen molar-refractivity contribution < 1.29 is 31.3 Å². The smallest absolute Gasteiger partial charge is 0.350 e. The first kappa shape index (κ1) is 20.4. The molecule has 1 N–H and O–H groups in total. The zero-order valence-electron chi connectivity index (χ0n) is 15.5. The molecule has 7 nitrogen and oxygen atoms in total. The lowest BCUT2D eigenvalue weighted by Gasteiger charge is -2.08. The van der Waals surface area contributed by atoms with Crippen LogP contribution in [-0.4, -0.2) is 32.1 Å². The number of carbonyl (C=O) groups is 1. The van der Waals surface area contributed by atoms with E-state index in [2.05, 4.69) is 25.0 Å². The van der Waals surface area contributed by atoms with E-state index in [1.165, 1.54) is 18.5 Å². The maximum Gasteiger partial charge on any atom is 0.471 e. The Kier molecular flexibility index (Phi) is 5.13. The number of aromatic nitrogens is 4. The van der Waals surface area contributed by atoms with E-state index < -0.39 is 29.6 Å². The number of halogens is 5. The van der Waals surface area contributed by atoms with Crippen LogP contribution < -0.4 is 5.32 Å². The van der Waals surface area contributed by atoms with Crippen molar-refractivity contribution in [3.63, 3.8) is 0 Å². The Labute approximate surface area is 170 Å². The Morgan fingerprint density at radius 3 is 2.52 bits per heavy atom. The lowest BCUT2D eigenvalue weighted by molar-refractivity contribution is -0.159. The highest BCUT2D eigenvalue weighted by molar-refractivity contribution is 5.94. The third kappa shape index (κ3) is 4.37. The fourth-order valence-electron chi connectivity index (χ4n) is 2.91. The first-order chi connectivity index (χ1) is 14.7. The summed E-state index contributed by atoms with van der Waals surface area (Å²) in [4.78, 5) is 19.6. The van der Waals surface area contributed by atoms with Crippen LogP contribution in [0.1, 0.15) is 16.2 Å². The highest BCUT2D eigenvalue weighted by Gasteiger charge is 2.38. The molecular weight excluding hydrogens is 425 g/mol. The lowest BCUT2D eigenvalue weighted by atomic mass is 10.2. The van der Waals surface area contributed by atoms with Gasteiger partial charge in [-0.3, -0.25) is 4.79 Å². The monoisotopic (exact) mass is 437 g/mol. The molecule has 0 unspecified atom stereocenters. The second-order valence-electron chi connectivity index (χ2n) is 6.48. The number of nitrogens with zero attached hydrogens (tertiary/aromatic N) is 4. The van der Waals surface area contributed by atoms with E-state index in [-0.39, 0.29) is 30.0 Å². The standard InChI is InChI=1S/C19H12F5N5O2/c20-12-5-11(6-13(21)8-12)17(30)25-3-4-29-9-26-14-2-1-10(7-15(14)29)16-27-18(31-28-16)19(22,23)24/h1-2,5-9H,3-4H2,(H,25,30). The molecule has 2 aromatic heterocycles. The van der Waals surface area contributed by atoms with Gasteiger partial charge in [-0.05, 0) is 30.3 Å². The van der Waals surface area contributed by atoms with Gasteiger partial charge < -0.3 is 14.4 Å². The quantitative estimate of drug-likeness (QED) is 0.480. The summed E-state index contributed by atoms with van der Waals surface area (Å²) in [5.74, 6) is -4.08. The Bertz CT molecular complexity index is 1240. The number of nitrogens with one attached hydrogen (secondary N) is 1. The third-order valence-electron chi connectivity index (χ3n) is 4.31. The van der Waals surface area contributed by atoms with Crippen LogP contribution in [0.15, 0.2) is 47.2 Å². The van der Waals surface area contributed by atoms with Gasteiger partial charge in [0, 0.05) is 30.3 Å². The average molecular weight is 437 g/mol. The molecule has 0 bridgehead atoms. The van der Waals surface area contributed by atoms with E-state index in [1.54, 1.807) is 10.6 Å². The summed E-state index contributed by atoms with van der Waals surface area (Å²) in [6, 6.07) is 7.11. The topological polar surface area (TPSA) is 85.8 Å². The minimum Gasteiger partial charge on any atom is -0.350 e. The zero-order chi connectivity index (χ0) is 22.2. The molecule has 0 saturated carbocycles. The van der Waals surface area contributed by atoms with E-state index in [0.29, 0.717) is 17.1 Å². The molecule has 0 saturated heterocycles. The van der Waals surface area contributed by atoms with Gasteiger partial charge in [-0.2, -0.15) is 18.2 Å². The van der Waals surface area contributed by atoms with E-state index in [0.717, 1.165) is 12.1 Å². The summed E-state index contributed by atoms with van der Waals surface area (Å²) in [6.45, 7) is 0.344. The maximum atomic E-state index is 13.2. The molecule has 2 heterocycles. The second-order valence-corrected chi connectivity index (χ2v) is 6.48. The maximum absolute atomic E-state index is 13.2. The SMILES string of the molecule is O=C(NCCn1cnc2ccc(-c3noc(C(F)(F)F)n3)cc21)c1cc(F)cc(F)c1. The number of benzene rings is 2. The van der Waals surface area contributed by atoms with E-state index in [1.807, 2.05) is 0 Å². The summed E-state index contributed by atoms with van der Waals surface area (Å²) in [5, 5.41) is 5.89. The Balaban J connectivity index is 1.49. The predicted octanol–water partition coefficient (Wildman–Crippen LogP) is 3.81. The van der Waals surface area contributed by atoms with Crippen molar-refractivity contribution >= 4 is 16.9 Å². The van der Waals surface area contributed by atoms with Gasteiger partial charge >= 0.3 is 12.1 Å². The summed E-state index contributed by atoms with van der Waals surface area (Å²) in [7, 11) is 0. The molecule has 4 rings (SSSR count). The number of imidazole rings is 1. The van der Waals surface area contributed by atoms with Crippen LogP contribution in [0.5, 0.6) is 0 Å². The van der Waals surface area contributed by atoms with Crippen LogP contribution in [0.25, 0.3) is 22.4 Å². The Morgan fingerprint density at radius 1 is 1.10 bits per heavy atom. The van der Waals surface area contributed by atoms with E-state index >= 15 is 0 Å². The van der Waals surface area contributed by atoms with Crippen LogP contribution in [-0.2, 0) is 12.7 Å². The fraction of sp³-hybridized carbons (Fsp3) is 0.158. The van der Waals surface area contributed by atoms with Gasteiger partial charge in [0.05, 0.1) is 17.4 Å². The van der Waals surface area contributed by atoms with Gasteiger partial charge in [0.25, 0.3) is 5.91 Å². The van der Waals surface area contributed by atoms with Gasteiger partial charge in [0.1, 0.15) is 11.6 Å². The number of hydrogen-bond acceptors (Lipinski definition) is 5. The number of carbonyl (C=O) groups excluding carboxylic acids is 1. The first-order valence-electron chi connectivity index (χ1n) is 8.81. The van der Waals surface area contributed by atoms with E-state index in [9.17, 15) is 26.7 Å². The highest BCUT2D eigenvalue weighted by Crippen LogP contribution is 2.30. The molecule has 160 valence electrons. The molecule has 0 aliphatic carbocycles. The Hall–Kier alpha value is -3.83. The van der Waals surface area contributed by atoms with Crippen LogP contribution >= 0.6 is 0 Å². The van der Waals surface area contributed by atoms with Crippen molar-refractivity contribution in [3.8, 4) is 11.4 Å². The number of amides is 1. The summed E-state index contributed by atoms with van der Waals surface area (Å²) in [5.41, 5.74) is 1.24. The van der Waals surface area contributed by atoms with Crippen molar-refractivity contribution in [3.05, 3.63) is 65.8 Å². The van der Waals surface area contributed by atoms with Gasteiger partial charge in [0.15, 0.2) is 0 Å². The molecule has 0 aliphatic heterocycles. The molecular formula is C19H12F5N5O2. The Morgan fingerprint density at radius 2 is 1.84 bits per heavy atom. The van der Waals surface area contributed by atoms with Crippen molar-refractivity contribution in [2.75, 3.05) is 6.54 Å². The fourth-order valence-corrected chi connectivity index (χ4v) is 2.91. The van der Waals surface area contributed by atoms with Gasteiger partial charge in [0.2, 0.25) is 5.82 Å². The highest BCUT2D eigenvalue weighted by atomic mass is 19.4. The average Bonchev–Trinajstić information content (AvgIpc) is 3.34. The zero-order valence-corrected chi connectivity index (χ0v) is 15.5. The summed E-state index contributed by atoms with van der Waals surface area (Å²) >= 11 is 0. The van der Waals surface area contributed by atoms with Crippen molar-refractivity contribution in [2.45, 2.75) is 12.7 Å². The molecule has 0 aliphatic rings. The molecule has 0 atom stereocenters. The van der Waals surface area contributed by atoms with Gasteiger partial charge in [-0.25, -0.2) is 13.8 Å². The number of alkyl halides is 3. The predicted molar refractivity (Wildman–Crippen MR) is 96.7 cm³/mol. The van der Waals surface area contributed by atoms with Gasteiger partial charge in [-0.15, -0.1) is 0 Å². The molecule has 0 spiro atoms. The lowest BCUT2D eigenvalue weighted by Crippen LogP contribution is -2.27. The third-order valence-corrected chi connectivity index (χ3v) is 4.31. The van der Waals surface area contributed by atoms with Crippen LogP contribution in [0.2, 0.25) is 0 Å². The number of hydrogen-bond donors (Lipinski definition) is 1. The summed E-state index contributed by atoms with van der Waals surface area (Å²) < 4.78 is 70.4. The minimum atomic E-state index is -4.75. The molecule has 0 radical (unpaired) electrons. The second kappa shape index (κ2) is 7.78. The van der Waals surface area contributed by atoms with Crippen LogP contribution in [0.3, 0.4) is 0 Å². The molecule has 1 amide bonds. The molecule has 2 aromatic carbocycles. The van der Waals surface area contributed by atoms with Crippen LogP contribution in [0.4, 0.5) is 22.0 Å². The van der Waals surface area contributed by atoms with E-state index in [4.69, 9.17) is 0 Å².